The second kappa shape index (κ2) is 43.1. The largest absolute Gasteiger partial charge is 0.481 e. The van der Waals surface area contributed by atoms with Crippen molar-refractivity contribution in [2.75, 3.05) is 65.9 Å². The summed E-state index contributed by atoms with van der Waals surface area (Å²) in [4.78, 5) is 93.2. The molecule has 0 bridgehead atoms. The van der Waals surface area contributed by atoms with Gasteiger partial charge in [0.05, 0.1) is 52.9 Å². The van der Waals surface area contributed by atoms with E-state index in [-0.39, 0.29) is 115 Å². The molecule has 3 atom stereocenters. The molecule has 0 aliphatic rings. The van der Waals surface area contributed by atoms with E-state index in [9.17, 15) is 48.6 Å². The first-order valence-electron chi connectivity index (χ1n) is 23.8. The fourth-order valence-corrected chi connectivity index (χ4v) is 6.49. The number of nitrogens with one attached hydrogen (secondary N) is 4. The van der Waals surface area contributed by atoms with E-state index in [1.165, 1.54) is 38.5 Å². The average Bonchev–Trinajstić information content (AvgIpc) is 3.26. The molecular weight excluding hydrogens is 867 g/mol. The maximum Gasteiger partial charge on any atom is 0.326 e. The van der Waals surface area contributed by atoms with Crippen molar-refractivity contribution in [3.63, 3.8) is 0 Å². The monoisotopic (exact) mass is 948 g/mol. The van der Waals surface area contributed by atoms with Gasteiger partial charge in [-0.3, -0.25) is 28.8 Å². The van der Waals surface area contributed by atoms with Gasteiger partial charge >= 0.3 is 23.9 Å². The van der Waals surface area contributed by atoms with Crippen molar-refractivity contribution in [2.45, 2.75) is 172 Å². The number of ether oxygens (including phenoxy) is 4. The fourth-order valence-electron chi connectivity index (χ4n) is 6.49. The molecular formula is C45H81N5O16. The standard InChI is InChI=1S/C45H81N5O16/c46-35(43(57)58)17-15-16-25-47-38(51)22-20-37(45(61)62)50-41(54)24-27-63-29-31-65-33-34-66-32-30-64-28-26-48-39(52)23-21-36(44(59)60)49-40(53)18-13-11-9-7-5-3-1-2-4-6-8-10-12-14-19-42(55)56/h35-37H,1-34,46H2,(H,47,51)(H,48,52)(H,49,53)(H,50,54)(H,55,56)(H,57,58)(H,59,60)(H,61,62)/t35-,36-,37-/m0/s1. The number of carboxylic acid groups (broad SMARTS) is 4. The Morgan fingerprint density at radius 2 is 0.742 bits per heavy atom. The molecule has 0 spiro atoms. The molecule has 0 saturated carbocycles. The average molecular weight is 948 g/mol. The number of carboxylic acids is 4. The lowest BCUT2D eigenvalue weighted by Gasteiger charge is -2.14. The predicted molar refractivity (Wildman–Crippen MR) is 242 cm³/mol. The van der Waals surface area contributed by atoms with Gasteiger partial charge < -0.3 is 66.4 Å². The smallest absolute Gasteiger partial charge is 0.326 e. The van der Waals surface area contributed by atoms with Crippen LogP contribution in [-0.4, -0.2) is 152 Å². The van der Waals surface area contributed by atoms with Crippen molar-refractivity contribution in [1.29, 1.82) is 0 Å². The highest BCUT2D eigenvalue weighted by Gasteiger charge is 2.22. The molecule has 0 aromatic rings. The Kier molecular flexibility index (Phi) is 40.2. The van der Waals surface area contributed by atoms with Gasteiger partial charge in [0, 0.05) is 45.2 Å². The number of rotatable bonds is 48. The number of hydrogen-bond donors (Lipinski definition) is 9. The Labute approximate surface area is 389 Å². The van der Waals surface area contributed by atoms with Crippen LogP contribution >= 0.6 is 0 Å². The highest BCUT2D eigenvalue weighted by Crippen LogP contribution is 2.14. The summed E-state index contributed by atoms with van der Waals surface area (Å²) in [7, 11) is 0. The number of nitrogens with two attached hydrogens (primary N) is 1. The topological polar surface area (TPSA) is 329 Å². The zero-order valence-corrected chi connectivity index (χ0v) is 39.0. The predicted octanol–water partition coefficient (Wildman–Crippen LogP) is 3.28. The Bertz CT molecular complexity index is 1360. The van der Waals surface area contributed by atoms with E-state index in [1.54, 1.807) is 0 Å². The van der Waals surface area contributed by atoms with Gasteiger partial charge in [0.25, 0.3) is 0 Å². The highest BCUT2D eigenvalue weighted by molar-refractivity contribution is 5.85. The quantitative estimate of drug-likeness (QED) is 0.0395. The minimum absolute atomic E-state index is 0.0283. The van der Waals surface area contributed by atoms with Crippen molar-refractivity contribution in [1.82, 2.24) is 21.3 Å². The fraction of sp³-hybridized carbons (Fsp3) is 0.822. The third-order valence-corrected chi connectivity index (χ3v) is 10.4. The summed E-state index contributed by atoms with van der Waals surface area (Å²) in [6.45, 7) is 2.38. The van der Waals surface area contributed by atoms with Crippen molar-refractivity contribution < 1.29 is 77.7 Å². The van der Waals surface area contributed by atoms with Crippen LogP contribution in [-0.2, 0) is 57.3 Å². The lowest BCUT2D eigenvalue weighted by Crippen LogP contribution is -2.42. The number of hydrogen-bond acceptors (Lipinski definition) is 13. The molecule has 0 radical (unpaired) electrons. The van der Waals surface area contributed by atoms with Gasteiger partial charge in [-0.25, -0.2) is 9.59 Å². The number of carbonyl (C=O) groups is 8. The molecule has 21 nitrogen and oxygen atoms in total. The van der Waals surface area contributed by atoms with Crippen LogP contribution in [0.2, 0.25) is 0 Å². The summed E-state index contributed by atoms with van der Waals surface area (Å²) in [5.74, 6) is -5.87. The normalized spacial score (nSPS) is 12.4. The third-order valence-electron chi connectivity index (χ3n) is 10.4. The second-order valence-corrected chi connectivity index (χ2v) is 16.2. The molecule has 0 saturated heterocycles. The minimum atomic E-state index is -1.27. The highest BCUT2D eigenvalue weighted by atomic mass is 16.6. The first-order valence-corrected chi connectivity index (χ1v) is 23.8. The molecule has 0 unspecified atom stereocenters. The van der Waals surface area contributed by atoms with Crippen LogP contribution in [0.15, 0.2) is 0 Å². The van der Waals surface area contributed by atoms with Crippen LogP contribution in [0.3, 0.4) is 0 Å². The van der Waals surface area contributed by atoms with Gasteiger partial charge in [-0.1, -0.05) is 77.0 Å². The van der Waals surface area contributed by atoms with Crippen LogP contribution in [0.25, 0.3) is 0 Å². The van der Waals surface area contributed by atoms with Crippen molar-refractivity contribution >= 4 is 47.5 Å². The van der Waals surface area contributed by atoms with Crippen LogP contribution < -0.4 is 27.0 Å². The molecule has 0 aromatic heterocycles. The molecule has 0 fully saturated rings. The molecule has 0 aromatic carbocycles. The Morgan fingerprint density at radius 1 is 0.364 bits per heavy atom. The van der Waals surface area contributed by atoms with E-state index >= 15 is 0 Å². The van der Waals surface area contributed by atoms with Crippen LogP contribution in [0, 0.1) is 0 Å². The van der Waals surface area contributed by atoms with E-state index in [0.717, 1.165) is 44.9 Å². The number of unbranched alkanes of at least 4 members (excludes halogenated alkanes) is 14. The number of carbonyl (C=O) groups excluding carboxylic acids is 4. The molecule has 382 valence electrons. The van der Waals surface area contributed by atoms with Gasteiger partial charge in [-0.2, -0.15) is 0 Å². The first-order chi connectivity index (χ1) is 31.7. The van der Waals surface area contributed by atoms with Gasteiger partial charge in [0.15, 0.2) is 0 Å². The molecule has 66 heavy (non-hydrogen) atoms. The molecule has 21 heteroatoms. The molecule has 4 amide bonds. The molecule has 0 aliphatic carbocycles. The van der Waals surface area contributed by atoms with Gasteiger partial charge in [0.2, 0.25) is 23.6 Å². The number of aliphatic carboxylic acids is 4. The SMILES string of the molecule is N[C@@H](CCCCNC(=O)CC[C@H](NC(=O)CCOCCOCCOCCOCCNC(=O)CC[C@H](NC(=O)CCCCCCCCCCCCCCCCC(=O)O)C(=O)O)C(=O)O)C(=O)O. The van der Waals surface area contributed by atoms with Crippen LogP contribution in [0.4, 0.5) is 0 Å². The summed E-state index contributed by atoms with van der Waals surface area (Å²) < 4.78 is 21.6. The Morgan fingerprint density at radius 3 is 1.17 bits per heavy atom. The lowest BCUT2D eigenvalue weighted by atomic mass is 10.0. The van der Waals surface area contributed by atoms with Crippen molar-refractivity contribution in [2.24, 2.45) is 5.73 Å². The van der Waals surface area contributed by atoms with E-state index in [4.69, 9.17) is 34.9 Å². The number of amides is 4. The minimum Gasteiger partial charge on any atom is -0.481 e. The Hall–Kier alpha value is -4.44. The lowest BCUT2D eigenvalue weighted by molar-refractivity contribution is -0.142. The van der Waals surface area contributed by atoms with Gasteiger partial charge in [-0.05, 0) is 44.9 Å². The first kappa shape index (κ1) is 61.6. The zero-order chi connectivity index (χ0) is 49.0. The van der Waals surface area contributed by atoms with Crippen molar-refractivity contribution in [3.05, 3.63) is 0 Å². The van der Waals surface area contributed by atoms with Crippen LogP contribution in [0.1, 0.15) is 154 Å². The summed E-state index contributed by atoms with van der Waals surface area (Å²) >= 11 is 0. The molecule has 0 rings (SSSR count). The third kappa shape index (κ3) is 41.0. The van der Waals surface area contributed by atoms with Crippen molar-refractivity contribution in [3.8, 4) is 0 Å². The summed E-state index contributed by atoms with van der Waals surface area (Å²) in [5, 5.41) is 46.6. The van der Waals surface area contributed by atoms with Gasteiger partial charge in [0.1, 0.15) is 18.1 Å². The summed E-state index contributed by atoms with van der Waals surface area (Å²) in [6.07, 6.45) is 16.4. The maximum atomic E-state index is 12.3. The summed E-state index contributed by atoms with van der Waals surface area (Å²) in [6, 6.07) is -3.34. The molecule has 0 heterocycles. The van der Waals surface area contributed by atoms with E-state index in [2.05, 4.69) is 21.3 Å². The maximum absolute atomic E-state index is 12.3. The molecule has 0 aliphatic heterocycles. The zero-order valence-electron chi connectivity index (χ0n) is 39.0. The molecule has 10 N–H and O–H groups in total. The van der Waals surface area contributed by atoms with E-state index < -0.39 is 47.9 Å². The van der Waals surface area contributed by atoms with E-state index in [1.807, 2.05) is 0 Å². The Balaban J connectivity index is 3.74. The summed E-state index contributed by atoms with van der Waals surface area (Å²) in [5.41, 5.74) is 5.42. The van der Waals surface area contributed by atoms with Crippen LogP contribution in [0.5, 0.6) is 0 Å². The van der Waals surface area contributed by atoms with Gasteiger partial charge in [-0.15, -0.1) is 0 Å². The second-order valence-electron chi connectivity index (χ2n) is 16.2. The van der Waals surface area contributed by atoms with E-state index in [0.29, 0.717) is 39.0 Å².